The summed E-state index contributed by atoms with van der Waals surface area (Å²) in [5, 5.41) is 9.96. The molecule has 0 saturated carbocycles. The zero-order chi connectivity index (χ0) is 20.1. The van der Waals surface area contributed by atoms with Crippen LogP contribution in [0.5, 0.6) is 5.75 Å². The summed E-state index contributed by atoms with van der Waals surface area (Å²) in [7, 11) is 0. The zero-order valence-corrected chi connectivity index (χ0v) is 16.1. The number of anilines is 2. The minimum Gasteiger partial charge on any atom is -0.484 e. The Morgan fingerprint density at radius 2 is 1.72 bits per heavy atom. The van der Waals surface area contributed by atoms with Crippen molar-refractivity contribution in [3.05, 3.63) is 83.9 Å². The number of aromatic nitrogens is 1. The molecule has 0 fully saturated rings. The molecule has 0 bridgehead atoms. The average molecular weight is 403 g/mol. The first-order valence-corrected chi connectivity index (χ1v) is 9.78. The standard InChI is InChI=1S/C22H17N3O3S/c26-20(14-28-19-10-7-15-3-1-2-4-17(15)13-19)24-18-8-5-16(6-9-18)21(27)25-22-23-11-12-29-22/h1-13H,14H2,(H,24,26)(H,23,25,27). The van der Waals surface area contributed by atoms with Crippen molar-refractivity contribution in [2.75, 3.05) is 17.2 Å². The highest BCUT2D eigenvalue weighted by Gasteiger charge is 2.09. The van der Waals surface area contributed by atoms with Crippen molar-refractivity contribution in [3.63, 3.8) is 0 Å². The summed E-state index contributed by atoms with van der Waals surface area (Å²) < 4.78 is 5.59. The van der Waals surface area contributed by atoms with Crippen molar-refractivity contribution in [2.24, 2.45) is 0 Å². The third-order valence-corrected chi connectivity index (χ3v) is 4.86. The van der Waals surface area contributed by atoms with Crippen molar-refractivity contribution in [3.8, 4) is 5.75 Å². The van der Waals surface area contributed by atoms with Crippen LogP contribution in [-0.4, -0.2) is 23.4 Å². The van der Waals surface area contributed by atoms with E-state index in [1.165, 1.54) is 11.3 Å². The second-order valence-electron chi connectivity index (χ2n) is 6.21. The van der Waals surface area contributed by atoms with Crippen molar-refractivity contribution in [2.45, 2.75) is 0 Å². The molecule has 1 aromatic heterocycles. The van der Waals surface area contributed by atoms with E-state index in [0.717, 1.165) is 10.8 Å². The van der Waals surface area contributed by atoms with Gasteiger partial charge >= 0.3 is 0 Å². The quantitative estimate of drug-likeness (QED) is 0.494. The second-order valence-corrected chi connectivity index (χ2v) is 7.11. The highest BCUT2D eigenvalue weighted by Crippen LogP contribution is 2.20. The van der Waals surface area contributed by atoms with Crippen LogP contribution >= 0.6 is 11.3 Å². The maximum Gasteiger partial charge on any atom is 0.262 e. The molecular formula is C22H17N3O3S. The maximum absolute atomic E-state index is 12.2. The Hall–Kier alpha value is -3.71. The summed E-state index contributed by atoms with van der Waals surface area (Å²) in [6, 6.07) is 20.3. The first kappa shape index (κ1) is 18.6. The fraction of sp³-hybridized carbons (Fsp3) is 0.0455. The number of hydrogen-bond donors (Lipinski definition) is 2. The van der Waals surface area contributed by atoms with Gasteiger partial charge in [0.1, 0.15) is 5.75 Å². The van der Waals surface area contributed by atoms with Gasteiger partial charge in [0, 0.05) is 22.8 Å². The summed E-state index contributed by atoms with van der Waals surface area (Å²) in [4.78, 5) is 28.3. The van der Waals surface area contributed by atoms with Gasteiger partial charge in [0.05, 0.1) is 0 Å². The lowest BCUT2D eigenvalue weighted by Crippen LogP contribution is -2.20. The SMILES string of the molecule is O=C(COc1ccc2ccccc2c1)Nc1ccc(C(=O)Nc2nccs2)cc1. The number of thiazole rings is 1. The summed E-state index contributed by atoms with van der Waals surface area (Å²) >= 11 is 1.35. The molecule has 4 aromatic rings. The highest BCUT2D eigenvalue weighted by molar-refractivity contribution is 7.13. The third-order valence-electron chi connectivity index (χ3n) is 4.17. The van der Waals surface area contributed by atoms with Crippen LogP contribution in [0.25, 0.3) is 10.8 Å². The minimum absolute atomic E-state index is 0.107. The minimum atomic E-state index is -0.279. The molecule has 1 heterocycles. The van der Waals surface area contributed by atoms with E-state index in [9.17, 15) is 9.59 Å². The van der Waals surface area contributed by atoms with Crippen molar-refractivity contribution < 1.29 is 14.3 Å². The number of rotatable bonds is 6. The Morgan fingerprint density at radius 1 is 0.931 bits per heavy atom. The maximum atomic E-state index is 12.2. The van der Waals surface area contributed by atoms with Gasteiger partial charge in [0.15, 0.2) is 11.7 Å². The number of nitrogens with zero attached hydrogens (tertiary/aromatic N) is 1. The van der Waals surface area contributed by atoms with Gasteiger partial charge in [0.2, 0.25) is 0 Å². The molecule has 0 aliphatic carbocycles. The molecule has 2 amide bonds. The highest BCUT2D eigenvalue weighted by atomic mass is 32.1. The average Bonchev–Trinajstić information content (AvgIpc) is 3.25. The zero-order valence-electron chi connectivity index (χ0n) is 15.3. The molecule has 0 radical (unpaired) electrons. The molecule has 144 valence electrons. The van der Waals surface area contributed by atoms with Crippen LogP contribution in [-0.2, 0) is 4.79 Å². The molecular weight excluding hydrogens is 386 g/mol. The van der Waals surface area contributed by atoms with Crippen LogP contribution in [0.2, 0.25) is 0 Å². The topological polar surface area (TPSA) is 80.3 Å². The van der Waals surface area contributed by atoms with Gasteiger partial charge in [-0.2, -0.15) is 0 Å². The van der Waals surface area contributed by atoms with E-state index < -0.39 is 0 Å². The smallest absolute Gasteiger partial charge is 0.262 e. The Kier molecular flexibility index (Phi) is 5.49. The molecule has 0 aliphatic heterocycles. The van der Waals surface area contributed by atoms with Crippen LogP contribution in [0.1, 0.15) is 10.4 Å². The molecule has 4 rings (SSSR count). The van der Waals surface area contributed by atoms with Gasteiger partial charge in [-0.1, -0.05) is 30.3 Å². The Bertz CT molecular complexity index is 1140. The Balaban J connectivity index is 1.31. The summed E-state index contributed by atoms with van der Waals surface area (Å²) in [5.41, 5.74) is 1.06. The van der Waals surface area contributed by atoms with E-state index in [-0.39, 0.29) is 18.4 Å². The van der Waals surface area contributed by atoms with E-state index >= 15 is 0 Å². The van der Waals surface area contributed by atoms with Crippen LogP contribution in [0.15, 0.2) is 78.3 Å². The number of carbonyl (C=O) groups excluding carboxylic acids is 2. The number of amides is 2. The molecule has 0 saturated heterocycles. The van der Waals surface area contributed by atoms with Crippen LogP contribution in [0, 0.1) is 0 Å². The van der Waals surface area contributed by atoms with Crippen molar-refractivity contribution in [1.82, 2.24) is 4.98 Å². The molecule has 29 heavy (non-hydrogen) atoms. The number of nitrogens with one attached hydrogen (secondary N) is 2. The summed E-state index contributed by atoms with van der Waals surface area (Å²) in [5.74, 6) is 0.101. The number of fused-ring (bicyclic) bond motifs is 1. The third kappa shape index (κ3) is 4.77. The summed E-state index contributed by atoms with van der Waals surface area (Å²) in [6.45, 7) is -0.107. The largest absolute Gasteiger partial charge is 0.484 e. The number of carbonyl (C=O) groups is 2. The molecule has 0 unspecified atom stereocenters. The fourth-order valence-electron chi connectivity index (χ4n) is 2.76. The van der Waals surface area contributed by atoms with E-state index in [2.05, 4.69) is 15.6 Å². The Morgan fingerprint density at radius 3 is 2.48 bits per heavy atom. The Labute approximate surface area is 171 Å². The first-order chi connectivity index (χ1) is 14.2. The van der Waals surface area contributed by atoms with Gasteiger partial charge < -0.3 is 10.1 Å². The lowest BCUT2D eigenvalue weighted by atomic mass is 10.1. The number of hydrogen-bond acceptors (Lipinski definition) is 5. The lowest BCUT2D eigenvalue weighted by molar-refractivity contribution is -0.118. The molecule has 0 atom stereocenters. The predicted molar refractivity (Wildman–Crippen MR) is 115 cm³/mol. The normalized spacial score (nSPS) is 10.5. The fourth-order valence-corrected chi connectivity index (χ4v) is 3.29. The first-order valence-electron chi connectivity index (χ1n) is 8.90. The molecule has 0 spiro atoms. The van der Waals surface area contributed by atoms with Crippen LogP contribution < -0.4 is 15.4 Å². The van der Waals surface area contributed by atoms with Crippen molar-refractivity contribution in [1.29, 1.82) is 0 Å². The van der Waals surface area contributed by atoms with Crippen LogP contribution in [0.4, 0.5) is 10.8 Å². The predicted octanol–water partition coefficient (Wildman–Crippen LogP) is 4.57. The second kappa shape index (κ2) is 8.53. The van der Waals surface area contributed by atoms with Gasteiger partial charge in [-0.15, -0.1) is 11.3 Å². The van der Waals surface area contributed by atoms with Crippen molar-refractivity contribution >= 4 is 44.7 Å². The summed E-state index contributed by atoms with van der Waals surface area (Å²) in [6.07, 6.45) is 1.62. The molecule has 7 heteroatoms. The molecule has 2 N–H and O–H groups in total. The van der Waals surface area contributed by atoms with Gasteiger partial charge in [-0.3, -0.25) is 14.9 Å². The van der Waals surface area contributed by atoms with Gasteiger partial charge in [0.25, 0.3) is 11.8 Å². The molecule has 6 nitrogen and oxygen atoms in total. The van der Waals surface area contributed by atoms with Gasteiger partial charge in [-0.05, 0) is 47.2 Å². The van der Waals surface area contributed by atoms with E-state index in [1.54, 1.807) is 35.8 Å². The molecule has 3 aromatic carbocycles. The molecule has 0 aliphatic rings. The number of benzene rings is 3. The van der Waals surface area contributed by atoms with E-state index in [0.29, 0.717) is 22.1 Å². The van der Waals surface area contributed by atoms with E-state index in [1.807, 2.05) is 42.5 Å². The van der Waals surface area contributed by atoms with E-state index in [4.69, 9.17) is 4.74 Å². The monoisotopic (exact) mass is 403 g/mol. The number of ether oxygens (including phenoxy) is 1. The van der Waals surface area contributed by atoms with Crippen LogP contribution in [0.3, 0.4) is 0 Å². The van der Waals surface area contributed by atoms with Gasteiger partial charge in [-0.25, -0.2) is 4.98 Å². The lowest BCUT2D eigenvalue weighted by Gasteiger charge is -2.09.